The fourth-order valence-electron chi connectivity index (χ4n) is 3.09. The molecule has 1 heterocycles. The lowest BCUT2D eigenvalue weighted by Gasteiger charge is -2.03. The number of benzene rings is 3. The van der Waals surface area contributed by atoms with E-state index in [1.54, 1.807) is 38.5 Å². The molecule has 4 aromatic rings. The number of carbonyl (C=O) groups is 1. The Kier molecular flexibility index (Phi) is 5.50. The van der Waals surface area contributed by atoms with Crippen LogP contribution in [0.1, 0.15) is 15.9 Å². The number of H-pyrrole nitrogens is 1. The Balaban J connectivity index is 1.66. The first-order chi connectivity index (χ1) is 14.6. The lowest BCUT2D eigenvalue weighted by Crippen LogP contribution is -2.20. The van der Waals surface area contributed by atoms with E-state index < -0.39 is 0 Å². The third-order valence-electron chi connectivity index (χ3n) is 4.69. The van der Waals surface area contributed by atoms with Crippen LogP contribution in [0.5, 0.6) is 11.5 Å². The normalized spacial score (nSPS) is 12.3. The van der Waals surface area contributed by atoms with Gasteiger partial charge in [0.15, 0.2) is 5.78 Å². The maximum absolute atomic E-state index is 12.5. The molecular weight excluding hydrogens is 398 g/mol. The summed E-state index contributed by atoms with van der Waals surface area (Å²) in [6, 6.07) is 18.7. The van der Waals surface area contributed by atoms with Gasteiger partial charge in [0.05, 0.1) is 23.4 Å². The SMILES string of the molecule is COc1ccc(C(=O)/C=c2/[nH]c(=O)/c(=C/c3ccc4cc(OC)ccc4c3)s2)cc1. The lowest BCUT2D eigenvalue weighted by molar-refractivity contribution is 0.106. The molecule has 1 aromatic heterocycles. The van der Waals surface area contributed by atoms with Crippen LogP contribution in [0, 0.1) is 0 Å². The van der Waals surface area contributed by atoms with Crippen LogP contribution in [-0.2, 0) is 0 Å². The molecular formula is C24H19NO4S. The zero-order chi connectivity index (χ0) is 21.1. The Morgan fingerprint density at radius 2 is 1.57 bits per heavy atom. The second kappa shape index (κ2) is 8.39. The first kappa shape index (κ1) is 19.7. The van der Waals surface area contributed by atoms with Crippen molar-refractivity contribution in [2.45, 2.75) is 0 Å². The van der Waals surface area contributed by atoms with Crippen molar-refractivity contribution in [1.82, 2.24) is 4.98 Å². The number of aromatic nitrogens is 1. The minimum atomic E-state index is -0.219. The van der Waals surface area contributed by atoms with Crippen LogP contribution >= 0.6 is 11.3 Å². The molecule has 4 rings (SSSR count). The van der Waals surface area contributed by atoms with Crippen LogP contribution < -0.4 is 24.2 Å². The largest absolute Gasteiger partial charge is 0.497 e. The van der Waals surface area contributed by atoms with Crippen LogP contribution in [0.15, 0.2) is 65.5 Å². The molecule has 3 aromatic carbocycles. The van der Waals surface area contributed by atoms with Gasteiger partial charge in [-0.25, -0.2) is 0 Å². The Bertz CT molecular complexity index is 1400. The second-order valence-corrected chi connectivity index (χ2v) is 7.72. The van der Waals surface area contributed by atoms with Gasteiger partial charge in [-0.3, -0.25) is 9.59 Å². The monoisotopic (exact) mass is 417 g/mol. The molecule has 30 heavy (non-hydrogen) atoms. The summed E-state index contributed by atoms with van der Waals surface area (Å²) in [7, 11) is 3.21. The zero-order valence-electron chi connectivity index (χ0n) is 16.5. The average molecular weight is 417 g/mol. The summed E-state index contributed by atoms with van der Waals surface area (Å²) in [6.07, 6.45) is 3.26. The van der Waals surface area contributed by atoms with Crippen molar-refractivity contribution in [3.05, 3.63) is 91.3 Å². The van der Waals surface area contributed by atoms with Gasteiger partial charge < -0.3 is 14.5 Å². The van der Waals surface area contributed by atoms with Crippen LogP contribution in [0.25, 0.3) is 22.9 Å². The van der Waals surface area contributed by atoms with Crippen molar-refractivity contribution < 1.29 is 14.3 Å². The number of nitrogens with one attached hydrogen (secondary N) is 1. The van der Waals surface area contributed by atoms with Crippen molar-refractivity contribution in [2.75, 3.05) is 14.2 Å². The summed E-state index contributed by atoms with van der Waals surface area (Å²) < 4.78 is 11.4. The van der Waals surface area contributed by atoms with Gasteiger partial charge in [0, 0.05) is 11.6 Å². The van der Waals surface area contributed by atoms with E-state index in [9.17, 15) is 9.59 Å². The number of methoxy groups -OCH3 is 2. The maximum atomic E-state index is 12.5. The summed E-state index contributed by atoms with van der Waals surface area (Å²) in [5, 5.41) is 2.12. The van der Waals surface area contributed by atoms with Gasteiger partial charge in [0.1, 0.15) is 11.5 Å². The highest BCUT2D eigenvalue weighted by Crippen LogP contribution is 2.22. The van der Waals surface area contributed by atoms with E-state index in [0.29, 0.717) is 20.5 Å². The number of aromatic amines is 1. The summed E-state index contributed by atoms with van der Waals surface area (Å²) in [5.74, 6) is 1.30. The number of carbonyl (C=O) groups excluding carboxylic acids is 1. The summed E-state index contributed by atoms with van der Waals surface area (Å²) in [5.41, 5.74) is 1.22. The number of Topliss-reactive ketones (excluding diaryl/α,β-unsaturated/α-hetero) is 1. The molecule has 0 spiro atoms. The highest BCUT2D eigenvalue weighted by Gasteiger charge is 2.04. The maximum Gasteiger partial charge on any atom is 0.266 e. The predicted molar refractivity (Wildman–Crippen MR) is 120 cm³/mol. The van der Waals surface area contributed by atoms with E-state index in [-0.39, 0.29) is 11.3 Å². The van der Waals surface area contributed by atoms with Crippen molar-refractivity contribution in [2.24, 2.45) is 0 Å². The van der Waals surface area contributed by atoms with Gasteiger partial charge in [-0.2, -0.15) is 0 Å². The van der Waals surface area contributed by atoms with Crippen molar-refractivity contribution >= 4 is 40.0 Å². The molecule has 6 heteroatoms. The predicted octanol–water partition coefficient (Wildman–Crippen LogP) is 3.10. The fraction of sp³-hybridized carbons (Fsp3) is 0.0833. The number of ketones is 1. The first-order valence-electron chi connectivity index (χ1n) is 9.24. The lowest BCUT2D eigenvalue weighted by atomic mass is 10.1. The van der Waals surface area contributed by atoms with Gasteiger partial charge in [0.2, 0.25) is 0 Å². The standard InChI is InChI=1S/C24H19NO4S/c1-28-19-8-5-16(6-9-19)21(26)14-23-25-24(27)22(30-23)12-15-3-4-18-13-20(29-2)10-7-17(18)11-15/h3-14H,1-2H3,(H,25,27)/b22-12-,23-14-. The zero-order valence-corrected chi connectivity index (χ0v) is 17.3. The van der Waals surface area contributed by atoms with Crippen molar-refractivity contribution in [1.29, 1.82) is 0 Å². The van der Waals surface area contributed by atoms with Crippen LogP contribution in [0.4, 0.5) is 0 Å². The molecule has 0 aliphatic rings. The molecule has 5 nitrogen and oxygen atoms in total. The highest BCUT2D eigenvalue weighted by molar-refractivity contribution is 7.07. The van der Waals surface area contributed by atoms with Gasteiger partial charge >= 0.3 is 0 Å². The number of ether oxygens (including phenoxy) is 2. The van der Waals surface area contributed by atoms with Crippen LogP contribution in [-0.4, -0.2) is 25.0 Å². The van der Waals surface area contributed by atoms with Crippen LogP contribution in [0.3, 0.4) is 0 Å². The van der Waals surface area contributed by atoms with Crippen LogP contribution in [0.2, 0.25) is 0 Å². The molecule has 0 saturated heterocycles. The fourth-order valence-corrected chi connectivity index (χ4v) is 3.98. The molecule has 0 atom stereocenters. The number of fused-ring (bicyclic) bond motifs is 1. The minimum absolute atomic E-state index is 0.179. The molecule has 0 saturated carbocycles. The van der Waals surface area contributed by atoms with Gasteiger partial charge in [-0.1, -0.05) is 18.2 Å². The average Bonchev–Trinajstić information content (AvgIpc) is 3.11. The van der Waals surface area contributed by atoms with E-state index in [0.717, 1.165) is 22.1 Å². The highest BCUT2D eigenvalue weighted by atomic mass is 32.1. The molecule has 0 amide bonds. The number of rotatable bonds is 5. The van der Waals surface area contributed by atoms with Gasteiger partial charge in [0.25, 0.3) is 5.56 Å². The number of thiazole rings is 1. The molecule has 0 aliphatic heterocycles. The number of hydrogen-bond acceptors (Lipinski definition) is 5. The van der Waals surface area contributed by atoms with Gasteiger partial charge in [-0.15, -0.1) is 11.3 Å². The summed E-state index contributed by atoms with van der Waals surface area (Å²) >= 11 is 1.25. The second-order valence-electron chi connectivity index (χ2n) is 6.64. The Labute approximate surface area is 176 Å². The summed E-state index contributed by atoms with van der Waals surface area (Å²) in [4.78, 5) is 27.6. The molecule has 0 radical (unpaired) electrons. The molecule has 0 aliphatic carbocycles. The smallest absolute Gasteiger partial charge is 0.266 e. The number of hydrogen-bond donors (Lipinski definition) is 1. The molecule has 1 N–H and O–H groups in total. The van der Waals surface area contributed by atoms with E-state index >= 15 is 0 Å². The van der Waals surface area contributed by atoms with E-state index in [4.69, 9.17) is 9.47 Å². The minimum Gasteiger partial charge on any atom is -0.497 e. The summed E-state index contributed by atoms with van der Waals surface area (Å²) in [6.45, 7) is 0. The molecule has 0 bridgehead atoms. The van der Waals surface area contributed by atoms with E-state index in [2.05, 4.69) is 4.98 Å². The first-order valence-corrected chi connectivity index (χ1v) is 10.1. The Hall–Kier alpha value is -3.64. The van der Waals surface area contributed by atoms with Crippen molar-refractivity contribution in [3.63, 3.8) is 0 Å². The Morgan fingerprint density at radius 1 is 0.900 bits per heavy atom. The van der Waals surface area contributed by atoms with E-state index in [1.165, 1.54) is 17.4 Å². The third kappa shape index (κ3) is 4.18. The van der Waals surface area contributed by atoms with E-state index in [1.807, 2.05) is 42.5 Å². The van der Waals surface area contributed by atoms with Gasteiger partial charge in [-0.05, 0) is 64.9 Å². The third-order valence-corrected chi connectivity index (χ3v) is 5.65. The Morgan fingerprint density at radius 3 is 2.30 bits per heavy atom. The van der Waals surface area contributed by atoms with Crippen molar-refractivity contribution in [3.8, 4) is 11.5 Å². The molecule has 0 unspecified atom stereocenters. The quantitative estimate of drug-likeness (QED) is 0.507. The topological polar surface area (TPSA) is 68.4 Å². The molecule has 0 fully saturated rings. The molecule has 150 valence electrons.